The molecular weight excluding hydrogens is 424 g/mol. The van der Waals surface area contributed by atoms with Crippen molar-refractivity contribution in [1.82, 2.24) is 3.26 Å². The molecule has 0 heterocycles. The molecule has 0 aliphatic heterocycles. The fourth-order valence-electron chi connectivity index (χ4n) is 3.82. The van der Waals surface area contributed by atoms with Crippen LogP contribution in [-0.2, 0) is 20.6 Å². The number of rotatable bonds is 4. The summed E-state index contributed by atoms with van der Waals surface area (Å²) >= 11 is -4.44. The molecule has 1 amide bonds. The van der Waals surface area contributed by atoms with Crippen LogP contribution in [0.5, 0.6) is 0 Å². The van der Waals surface area contributed by atoms with Crippen LogP contribution in [0.2, 0.25) is 13.1 Å². The fourth-order valence-corrected chi connectivity index (χ4v) is 23.4. The van der Waals surface area contributed by atoms with Crippen molar-refractivity contribution >= 4 is 34.9 Å². The van der Waals surface area contributed by atoms with Crippen LogP contribution < -0.4 is 3.26 Å². The van der Waals surface area contributed by atoms with E-state index in [1.807, 2.05) is 12.1 Å². The van der Waals surface area contributed by atoms with Crippen molar-refractivity contribution in [3.05, 3.63) is 41.5 Å². The first-order chi connectivity index (χ1) is 10.8. The Morgan fingerprint density at radius 2 is 1.87 bits per heavy atom. The van der Waals surface area contributed by atoms with Gasteiger partial charge < -0.3 is 0 Å². The molecule has 1 aromatic rings. The van der Waals surface area contributed by atoms with Crippen LogP contribution in [0.4, 0.5) is 0 Å². The molecule has 23 heavy (non-hydrogen) atoms. The van der Waals surface area contributed by atoms with Gasteiger partial charge in [0.1, 0.15) is 0 Å². The average Bonchev–Trinajstić information content (AvgIpc) is 3.17. The molecule has 2 nitrogen and oxygen atoms in total. The zero-order valence-electron chi connectivity index (χ0n) is 13.7. The van der Waals surface area contributed by atoms with E-state index >= 15 is 0 Å². The van der Waals surface area contributed by atoms with Gasteiger partial charge in [-0.15, -0.1) is 0 Å². The van der Waals surface area contributed by atoms with Gasteiger partial charge in [0.2, 0.25) is 0 Å². The molecule has 2 aliphatic carbocycles. The van der Waals surface area contributed by atoms with E-state index in [0.29, 0.717) is 0 Å². The number of hydrogen-bond acceptors (Lipinski definition) is 1. The molecule has 0 bridgehead atoms. The molecule has 6 heteroatoms. The number of benzene rings is 1. The van der Waals surface area contributed by atoms with Crippen LogP contribution in [-0.4, -0.2) is 11.8 Å². The van der Waals surface area contributed by atoms with E-state index in [-0.39, 0.29) is 15.5 Å². The van der Waals surface area contributed by atoms with Gasteiger partial charge in [-0.25, -0.2) is 0 Å². The number of carbonyl (C=O) groups is 1. The maximum atomic E-state index is 12.8. The molecule has 0 radical (unpaired) electrons. The quantitative estimate of drug-likeness (QED) is 0.649. The second kappa shape index (κ2) is 6.44. The van der Waals surface area contributed by atoms with Crippen LogP contribution in [0, 0.1) is 5.92 Å². The summed E-state index contributed by atoms with van der Waals surface area (Å²) in [6.45, 7) is 4.38. The van der Waals surface area contributed by atoms with Gasteiger partial charge in [0.25, 0.3) is 0 Å². The van der Waals surface area contributed by atoms with Gasteiger partial charge >= 0.3 is 149 Å². The Balaban J connectivity index is 1.96. The van der Waals surface area contributed by atoms with Gasteiger partial charge in [0.15, 0.2) is 0 Å². The zero-order chi connectivity index (χ0) is 16.7. The van der Waals surface area contributed by atoms with E-state index in [1.165, 1.54) is 11.1 Å². The van der Waals surface area contributed by atoms with Crippen molar-refractivity contribution in [3.63, 3.8) is 0 Å². The van der Waals surface area contributed by atoms with Crippen LogP contribution in [0.25, 0.3) is 6.08 Å². The van der Waals surface area contributed by atoms with E-state index < -0.39 is 21.8 Å². The van der Waals surface area contributed by atoms with Crippen LogP contribution in [0.1, 0.15) is 40.4 Å². The van der Waals surface area contributed by atoms with E-state index in [1.54, 1.807) is 0 Å². The second-order valence-corrected chi connectivity index (χ2v) is 48.1. The van der Waals surface area contributed by atoms with E-state index in [2.05, 4.69) is 40.6 Å². The van der Waals surface area contributed by atoms with E-state index in [9.17, 15) is 4.79 Å². The molecule has 1 unspecified atom stereocenters. The third kappa shape index (κ3) is 3.17. The van der Waals surface area contributed by atoms with Crippen molar-refractivity contribution in [2.75, 3.05) is 0 Å². The van der Waals surface area contributed by atoms with E-state index in [4.69, 9.17) is 17.0 Å². The molecule has 1 atom stereocenters. The predicted molar refractivity (Wildman–Crippen MR) is 98.9 cm³/mol. The first-order valence-electron chi connectivity index (χ1n) is 8.49. The van der Waals surface area contributed by atoms with Gasteiger partial charge in [0, 0.05) is 0 Å². The predicted octanol–water partition coefficient (Wildman–Crippen LogP) is 4.96. The Hall–Kier alpha value is 0.110. The minimum atomic E-state index is -4.44. The average molecular weight is 449 g/mol. The summed E-state index contributed by atoms with van der Waals surface area (Å²) in [5, 5.41) is 0. The molecule has 3 rings (SSSR count). The molecule has 1 aromatic carbocycles. The van der Waals surface area contributed by atoms with Gasteiger partial charge in [-0.2, -0.15) is 0 Å². The Bertz CT molecular complexity index is 656. The van der Waals surface area contributed by atoms with Crippen LogP contribution in [0.3, 0.4) is 0 Å². The minimum absolute atomic E-state index is 0.00740. The van der Waals surface area contributed by atoms with Crippen molar-refractivity contribution in [3.8, 4) is 0 Å². The van der Waals surface area contributed by atoms with Gasteiger partial charge in [-0.3, -0.25) is 0 Å². The Morgan fingerprint density at radius 1 is 1.22 bits per heavy atom. The summed E-state index contributed by atoms with van der Waals surface area (Å²) in [7, 11) is 14.6. The Morgan fingerprint density at radius 3 is 2.52 bits per heavy atom. The topological polar surface area (TPSA) is 29.1 Å². The standard InChI is InChI=1S/C9H7.C6H11NO.C2H7Si.2ClH.Zr/c1-2-5-9-7-3-6-8(9)4-1;7-6(8)5-3-1-2-4-5;1-3-2;;;/h1-7H;5H,1-4H2,(H2,7,8);3H,1-2H3;2*1H;/q;;;;;+3/p-3. The Kier molecular flexibility index (Phi) is 5.02. The van der Waals surface area contributed by atoms with Crippen molar-refractivity contribution in [2.24, 2.45) is 5.92 Å². The molecule has 1 N–H and O–H groups in total. The summed E-state index contributed by atoms with van der Waals surface area (Å²) in [5.74, 6) is -1.26. The number of allylic oxidation sites excluding steroid dienone is 1. The molecule has 0 aromatic heterocycles. The van der Waals surface area contributed by atoms with Crippen molar-refractivity contribution in [2.45, 2.75) is 42.4 Å². The molecule has 125 valence electrons. The number of halogens is 2. The number of carbonyl (C=O) groups excluding carboxylic acids is 1. The molecule has 2 aliphatic rings. The summed E-state index contributed by atoms with van der Waals surface area (Å²) in [4.78, 5) is 12.8. The van der Waals surface area contributed by atoms with Gasteiger partial charge in [-0.05, 0) is 0 Å². The summed E-state index contributed by atoms with van der Waals surface area (Å²) in [5.41, 5.74) is 2.37. The van der Waals surface area contributed by atoms with E-state index in [0.717, 1.165) is 25.7 Å². The molecule has 0 saturated heterocycles. The molecule has 1 saturated carbocycles. The maximum absolute atomic E-state index is 12.8. The van der Waals surface area contributed by atoms with Crippen molar-refractivity contribution < 1.29 is 20.6 Å². The third-order valence-electron chi connectivity index (χ3n) is 5.52. The van der Waals surface area contributed by atoms with Gasteiger partial charge in [0.05, 0.1) is 0 Å². The fraction of sp³-hybridized carbons (Fsp3) is 0.471. The number of fused-ring (bicyclic) bond motifs is 1. The normalized spacial score (nSPS) is 22.8. The van der Waals surface area contributed by atoms with Crippen molar-refractivity contribution in [1.29, 1.82) is 0 Å². The first-order valence-corrected chi connectivity index (χ1v) is 24.6. The second-order valence-electron chi connectivity index (χ2n) is 7.24. The molecule has 1 fully saturated rings. The summed E-state index contributed by atoms with van der Waals surface area (Å²) in [6.07, 6.45) is 8.47. The van der Waals surface area contributed by atoms with Gasteiger partial charge in [-0.1, -0.05) is 0 Å². The van der Waals surface area contributed by atoms with Crippen LogP contribution >= 0.6 is 17.0 Å². The SMILES string of the molecule is C[SiH](C)[Zr]([Cl])([Cl])([NH]C(=O)C1CCCC1)[CH]1C=Cc2ccccc21. The number of amides is 1. The Labute approximate surface area is 147 Å². The van der Waals surface area contributed by atoms with Crippen LogP contribution in [0.15, 0.2) is 30.3 Å². The first kappa shape index (κ1) is 17.9. The number of hydrogen-bond donors (Lipinski definition) is 1. The monoisotopic (exact) mass is 446 g/mol. The molecular formula is C17H24Cl2NOSiZr. The zero-order valence-corrected chi connectivity index (χ0v) is 18.8. The number of nitrogens with one attached hydrogen (secondary N) is 1. The summed E-state index contributed by atoms with van der Waals surface area (Å²) < 4.78 is 3.31. The third-order valence-corrected chi connectivity index (χ3v) is 51.4. The summed E-state index contributed by atoms with van der Waals surface area (Å²) in [6, 6.07) is 8.26. The molecule has 0 spiro atoms.